The number of hydrogen-bond acceptors (Lipinski definition) is 4. The summed E-state index contributed by atoms with van der Waals surface area (Å²) in [6.07, 6.45) is 1.47. The van der Waals surface area contributed by atoms with Gasteiger partial charge in [-0.2, -0.15) is 0 Å². The zero-order chi connectivity index (χ0) is 13.7. The molecule has 96 valence electrons. The van der Waals surface area contributed by atoms with Gasteiger partial charge in [-0.3, -0.25) is 4.79 Å². The second-order valence-electron chi connectivity index (χ2n) is 3.89. The molecule has 2 aromatic carbocycles. The summed E-state index contributed by atoms with van der Waals surface area (Å²) in [4.78, 5) is 16.8. The molecule has 0 unspecified atom stereocenters. The van der Waals surface area contributed by atoms with Gasteiger partial charge in [-0.05, 0) is 23.8 Å². The summed E-state index contributed by atoms with van der Waals surface area (Å²) in [6.45, 7) is 0. The zero-order valence-electron chi connectivity index (χ0n) is 10.4. The van der Waals surface area contributed by atoms with Crippen LogP contribution >= 0.6 is 0 Å². The maximum atomic E-state index is 12.3. The summed E-state index contributed by atoms with van der Waals surface area (Å²) < 4.78 is 0. The van der Waals surface area contributed by atoms with Crippen molar-refractivity contribution < 1.29 is 14.7 Å². The molecule has 0 bridgehead atoms. The fourth-order valence-corrected chi connectivity index (χ4v) is 1.67. The molecule has 19 heavy (non-hydrogen) atoms. The second-order valence-corrected chi connectivity index (χ2v) is 3.89. The Bertz CT molecular complexity index is 606. The highest BCUT2D eigenvalue weighted by molar-refractivity contribution is 6.11. The van der Waals surface area contributed by atoms with Gasteiger partial charge in [0.2, 0.25) is 0 Å². The number of oxime groups is 1. The summed E-state index contributed by atoms with van der Waals surface area (Å²) in [6, 6.07) is 13.5. The smallest absolute Gasteiger partial charge is 0.196 e. The van der Waals surface area contributed by atoms with E-state index in [2.05, 4.69) is 9.99 Å². The predicted molar refractivity (Wildman–Crippen MR) is 72.6 cm³/mol. The molecule has 0 radical (unpaired) electrons. The molecular weight excluding hydrogens is 242 g/mol. The third-order valence-electron chi connectivity index (χ3n) is 2.61. The second kappa shape index (κ2) is 5.82. The molecule has 0 amide bonds. The Hall–Kier alpha value is -2.62. The molecule has 0 aliphatic heterocycles. The molecular formula is C15H13NO3. The SMILES string of the molecule is CO/N=C/c1ccc(O)c(C(=O)c2ccccc2)c1. The van der Waals surface area contributed by atoms with E-state index in [1.165, 1.54) is 19.4 Å². The van der Waals surface area contributed by atoms with Crippen LogP contribution in [0.25, 0.3) is 0 Å². The van der Waals surface area contributed by atoms with Crippen molar-refractivity contribution in [3.05, 3.63) is 65.2 Å². The van der Waals surface area contributed by atoms with Crippen LogP contribution in [-0.4, -0.2) is 24.2 Å². The van der Waals surface area contributed by atoms with Crippen molar-refractivity contribution in [2.24, 2.45) is 5.16 Å². The number of carbonyl (C=O) groups excluding carboxylic acids is 1. The number of nitrogens with zero attached hydrogens (tertiary/aromatic N) is 1. The maximum absolute atomic E-state index is 12.3. The van der Waals surface area contributed by atoms with Crippen molar-refractivity contribution in [2.75, 3.05) is 7.11 Å². The first kappa shape index (κ1) is 12.8. The van der Waals surface area contributed by atoms with Crippen molar-refractivity contribution in [1.29, 1.82) is 0 Å². The van der Waals surface area contributed by atoms with Gasteiger partial charge in [0.1, 0.15) is 12.9 Å². The molecule has 2 aromatic rings. The highest BCUT2D eigenvalue weighted by atomic mass is 16.6. The minimum Gasteiger partial charge on any atom is -0.507 e. The highest BCUT2D eigenvalue weighted by Gasteiger charge is 2.13. The molecule has 0 atom stereocenters. The molecule has 0 aliphatic rings. The molecule has 4 nitrogen and oxygen atoms in total. The summed E-state index contributed by atoms with van der Waals surface area (Å²) in [7, 11) is 1.44. The van der Waals surface area contributed by atoms with E-state index in [-0.39, 0.29) is 17.1 Å². The molecule has 0 heterocycles. The van der Waals surface area contributed by atoms with Gasteiger partial charge < -0.3 is 9.94 Å². The number of carbonyl (C=O) groups is 1. The number of phenolic OH excluding ortho intramolecular Hbond substituents is 1. The Balaban J connectivity index is 2.39. The predicted octanol–water partition coefficient (Wildman–Crippen LogP) is 2.60. The first-order chi connectivity index (χ1) is 9.22. The van der Waals surface area contributed by atoms with Crippen molar-refractivity contribution in [1.82, 2.24) is 0 Å². The first-order valence-electron chi connectivity index (χ1n) is 5.71. The van der Waals surface area contributed by atoms with Crippen molar-refractivity contribution in [2.45, 2.75) is 0 Å². The van der Waals surface area contributed by atoms with E-state index in [4.69, 9.17) is 0 Å². The summed E-state index contributed by atoms with van der Waals surface area (Å²) in [5, 5.41) is 13.4. The van der Waals surface area contributed by atoms with Crippen molar-refractivity contribution in [3.8, 4) is 5.75 Å². The summed E-state index contributed by atoms with van der Waals surface area (Å²) in [5.41, 5.74) is 1.45. The zero-order valence-corrected chi connectivity index (χ0v) is 10.4. The normalized spacial score (nSPS) is 10.6. The molecule has 0 fully saturated rings. The molecule has 0 spiro atoms. The Labute approximate surface area is 111 Å². The van der Waals surface area contributed by atoms with Crippen LogP contribution in [0, 0.1) is 0 Å². The maximum Gasteiger partial charge on any atom is 0.196 e. The largest absolute Gasteiger partial charge is 0.507 e. The van der Waals surface area contributed by atoms with E-state index in [9.17, 15) is 9.90 Å². The van der Waals surface area contributed by atoms with E-state index in [1.807, 2.05) is 6.07 Å². The van der Waals surface area contributed by atoms with Gasteiger partial charge >= 0.3 is 0 Å². The molecule has 2 rings (SSSR count). The Morgan fingerprint density at radius 1 is 1.21 bits per heavy atom. The molecule has 1 N–H and O–H groups in total. The fraction of sp³-hybridized carbons (Fsp3) is 0.0667. The van der Waals surface area contributed by atoms with Gasteiger partial charge in [0.15, 0.2) is 5.78 Å². The Kier molecular flexibility index (Phi) is 3.93. The van der Waals surface area contributed by atoms with Crippen molar-refractivity contribution >= 4 is 12.0 Å². The van der Waals surface area contributed by atoms with Crippen LogP contribution in [0.1, 0.15) is 21.5 Å². The van der Waals surface area contributed by atoms with Gasteiger partial charge in [-0.25, -0.2) is 0 Å². The minimum absolute atomic E-state index is 0.0524. The molecule has 0 aliphatic carbocycles. The number of rotatable bonds is 4. The minimum atomic E-state index is -0.231. The van der Waals surface area contributed by atoms with Crippen LogP contribution in [0.4, 0.5) is 0 Å². The van der Waals surface area contributed by atoms with Crippen LogP contribution in [0.15, 0.2) is 53.7 Å². The van der Waals surface area contributed by atoms with E-state index >= 15 is 0 Å². The quantitative estimate of drug-likeness (QED) is 0.519. The van der Waals surface area contributed by atoms with Gasteiger partial charge in [-0.1, -0.05) is 35.5 Å². The molecule has 0 aromatic heterocycles. The highest BCUT2D eigenvalue weighted by Crippen LogP contribution is 2.21. The van der Waals surface area contributed by atoms with Crippen LogP contribution in [-0.2, 0) is 4.84 Å². The summed E-state index contributed by atoms with van der Waals surface area (Å²) >= 11 is 0. The van der Waals surface area contributed by atoms with Crippen LogP contribution in [0.2, 0.25) is 0 Å². The lowest BCUT2D eigenvalue weighted by atomic mass is 10.0. The molecule has 0 saturated carbocycles. The average molecular weight is 255 g/mol. The van der Waals surface area contributed by atoms with E-state index in [0.717, 1.165) is 0 Å². The number of hydrogen-bond donors (Lipinski definition) is 1. The monoisotopic (exact) mass is 255 g/mol. The van der Waals surface area contributed by atoms with Crippen LogP contribution < -0.4 is 0 Å². The van der Waals surface area contributed by atoms with Gasteiger partial charge in [0, 0.05) is 5.56 Å². The van der Waals surface area contributed by atoms with Crippen LogP contribution in [0.3, 0.4) is 0 Å². The lowest BCUT2D eigenvalue weighted by Crippen LogP contribution is -2.02. The Morgan fingerprint density at radius 2 is 1.95 bits per heavy atom. The van der Waals surface area contributed by atoms with E-state index in [1.54, 1.807) is 36.4 Å². The average Bonchev–Trinajstić information content (AvgIpc) is 2.46. The summed E-state index contributed by atoms with van der Waals surface area (Å²) in [5.74, 6) is -0.283. The standard InChI is InChI=1S/C15H13NO3/c1-19-16-10-11-7-8-14(17)13(9-11)15(18)12-5-3-2-4-6-12/h2-10,17H,1H3/b16-10+. The lowest BCUT2D eigenvalue weighted by Gasteiger charge is -2.05. The topological polar surface area (TPSA) is 58.9 Å². The first-order valence-corrected chi connectivity index (χ1v) is 5.71. The molecule has 4 heteroatoms. The van der Waals surface area contributed by atoms with E-state index < -0.39 is 0 Å². The number of aromatic hydroxyl groups is 1. The Morgan fingerprint density at radius 3 is 2.63 bits per heavy atom. The van der Waals surface area contributed by atoms with E-state index in [0.29, 0.717) is 11.1 Å². The van der Waals surface area contributed by atoms with Crippen LogP contribution in [0.5, 0.6) is 5.75 Å². The van der Waals surface area contributed by atoms with Gasteiger partial charge in [0.05, 0.1) is 11.8 Å². The number of phenols is 1. The number of benzene rings is 2. The van der Waals surface area contributed by atoms with Crippen molar-refractivity contribution in [3.63, 3.8) is 0 Å². The number of ketones is 1. The van der Waals surface area contributed by atoms with Gasteiger partial charge in [0.25, 0.3) is 0 Å². The third kappa shape index (κ3) is 2.98. The lowest BCUT2D eigenvalue weighted by molar-refractivity contribution is 0.103. The fourth-order valence-electron chi connectivity index (χ4n) is 1.67. The molecule has 0 saturated heterocycles. The third-order valence-corrected chi connectivity index (χ3v) is 2.61. The van der Waals surface area contributed by atoms with Gasteiger partial charge in [-0.15, -0.1) is 0 Å².